The van der Waals surface area contributed by atoms with Crippen molar-refractivity contribution in [3.05, 3.63) is 48.8 Å². The number of ether oxygens (including phenoxy) is 1. The van der Waals surface area contributed by atoms with Crippen molar-refractivity contribution < 1.29 is 9.72 Å². The number of hydrogen-bond donors (Lipinski definition) is 2. The summed E-state index contributed by atoms with van der Waals surface area (Å²) in [5.74, 6) is 2.02. The minimum absolute atomic E-state index is 0.634. The summed E-state index contributed by atoms with van der Waals surface area (Å²) in [6, 6.07) is 7.59. The Kier molecular flexibility index (Phi) is 3.70. The number of fused-ring (bicyclic) bond motifs is 1. The summed E-state index contributed by atoms with van der Waals surface area (Å²) in [7, 11) is 1.61. The van der Waals surface area contributed by atoms with Gasteiger partial charge in [0, 0.05) is 11.8 Å². The first-order valence-corrected chi connectivity index (χ1v) is 7.70. The van der Waals surface area contributed by atoms with Crippen molar-refractivity contribution >= 4 is 22.7 Å². The molecule has 8 nitrogen and oxygen atoms in total. The van der Waals surface area contributed by atoms with Crippen LogP contribution in [0.4, 0.5) is 11.5 Å². The topological polar surface area (TPSA) is 103 Å². The smallest absolute Gasteiger partial charge is 0.365 e. The number of nitrogens with one attached hydrogen (secondary N) is 3. The lowest BCUT2D eigenvalue weighted by Crippen LogP contribution is -2.08. The average Bonchev–Trinajstić information content (AvgIpc) is 3.10. The molecule has 0 spiro atoms. The molecule has 4 aromatic rings. The zero-order valence-corrected chi connectivity index (χ0v) is 13.7. The third-order valence-corrected chi connectivity index (χ3v) is 3.73. The van der Waals surface area contributed by atoms with Crippen molar-refractivity contribution in [1.82, 2.24) is 24.9 Å². The molecule has 0 aliphatic heterocycles. The van der Waals surface area contributed by atoms with Crippen molar-refractivity contribution in [2.45, 2.75) is 6.92 Å². The van der Waals surface area contributed by atoms with Crippen LogP contribution < -0.4 is 15.0 Å². The average molecular weight is 334 g/mol. The molecule has 0 aromatic carbocycles. The molecule has 0 atom stereocenters. The molecular weight excluding hydrogens is 318 g/mol. The van der Waals surface area contributed by atoms with Crippen molar-refractivity contribution in [3.63, 3.8) is 0 Å². The highest BCUT2D eigenvalue weighted by atomic mass is 16.5. The van der Waals surface area contributed by atoms with Crippen LogP contribution in [-0.2, 0) is 0 Å². The molecule has 0 fully saturated rings. The van der Waals surface area contributed by atoms with Gasteiger partial charge in [0.2, 0.25) is 0 Å². The van der Waals surface area contributed by atoms with Crippen molar-refractivity contribution in [1.29, 1.82) is 0 Å². The number of anilines is 2. The predicted molar refractivity (Wildman–Crippen MR) is 92.5 cm³/mol. The molecule has 0 bridgehead atoms. The molecule has 0 amide bonds. The molecule has 0 unspecified atom stereocenters. The normalized spacial score (nSPS) is 10.8. The summed E-state index contributed by atoms with van der Waals surface area (Å²) < 4.78 is 5.14. The van der Waals surface area contributed by atoms with Gasteiger partial charge in [0.1, 0.15) is 28.5 Å². The predicted octanol–water partition coefficient (Wildman–Crippen LogP) is 2.29. The van der Waals surface area contributed by atoms with E-state index in [-0.39, 0.29) is 0 Å². The van der Waals surface area contributed by atoms with Gasteiger partial charge in [0.05, 0.1) is 19.5 Å². The van der Waals surface area contributed by atoms with E-state index in [9.17, 15) is 0 Å². The number of methoxy groups -OCH3 is 1. The highest BCUT2D eigenvalue weighted by Gasteiger charge is 2.15. The molecule has 8 heteroatoms. The van der Waals surface area contributed by atoms with Gasteiger partial charge in [-0.2, -0.15) is 4.98 Å². The molecule has 0 saturated carbocycles. The lowest BCUT2D eigenvalue weighted by molar-refractivity contribution is -0.392. The number of H-pyrrole nitrogens is 2. The maximum atomic E-state index is 5.14. The standard InChI is InChI=1S/C17H15N7O/c1-10-22-14(15-17(23-10)21-9-20-15)12-4-3-7-18-16(12)24-11-5-6-13(25-2)19-8-11/h3-9H,1-2H3,(H,18,24)(H,20,21,22,23)/p+1. The first-order valence-electron chi connectivity index (χ1n) is 7.70. The number of pyridine rings is 2. The number of imidazole rings is 1. The van der Waals surface area contributed by atoms with Crippen LogP contribution in [0.1, 0.15) is 5.82 Å². The second-order valence-electron chi connectivity index (χ2n) is 5.39. The van der Waals surface area contributed by atoms with Crippen LogP contribution in [0.25, 0.3) is 22.4 Å². The van der Waals surface area contributed by atoms with Crippen LogP contribution >= 0.6 is 0 Å². The molecule has 0 aliphatic carbocycles. The second-order valence-corrected chi connectivity index (χ2v) is 5.39. The van der Waals surface area contributed by atoms with E-state index in [0.717, 1.165) is 22.5 Å². The highest BCUT2D eigenvalue weighted by Crippen LogP contribution is 2.30. The molecule has 25 heavy (non-hydrogen) atoms. The maximum absolute atomic E-state index is 5.14. The van der Waals surface area contributed by atoms with Gasteiger partial charge in [-0.05, 0) is 25.1 Å². The number of aromatic nitrogens is 6. The highest BCUT2D eigenvalue weighted by molar-refractivity contribution is 5.91. The Labute approximate surface area is 143 Å². The minimum atomic E-state index is 0.634. The van der Waals surface area contributed by atoms with Gasteiger partial charge in [-0.1, -0.05) is 0 Å². The van der Waals surface area contributed by atoms with Gasteiger partial charge in [-0.25, -0.2) is 19.9 Å². The maximum Gasteiger partial charge on any atom is 0.365 e. The van der Waals surface area contributed by atoms with E-state index in [4.69, 9.17) is 4.74 Å². The Morgan fingerprint density at radius 2 is 2.08 bits per heavy atom. The summed E-state index contributed by atoms with van der Waals surface area (Å²) in [6.07, 6.45) is 5.16. The Balaban J connectivity index is 1.79. The van der Waals surface area contributed by atoms with Gasteiger partial charge < -0.3 is 15.0 Å². The zero-order valence-electron chi connectivity index (χ0n) is 13.7. The Morgan fingerprint density at radius 3 is 2.88 bits per heavy atom. The lowest BCUT2D eigenvalue weighted by atomic mass is 10.1. The first-order chi connectivity index (χ1) is 12.2. The molecule has 4 rings (SSSR count). The zero-order chi connectivity index (χ0) is 17.2. The third-order valence-electron chi connectivity index (χ3n) is 3.73. The summed E-state index contributed by atoms with van der Waals surface area (Å²) in [4.78, 5) is 23.8. The van der Waals surface area contributed by atoms with E-state index in [1.165, 1.54) is 0 Å². The Morgan fingerprint density at radius 1 is 1.16 bits per heavy atom. The van der Waals surface area contributed by atoms with E-state index in [2.05, 4.69) is 35.2 Å². The Bertz CT molecular complexity index is 1030. The number of nitrogens with zero attached hydrogens (tertiary/aromatic N) is 4. The van der Waals surface area contributed by atoms with E-state index >= 15 is 0 Å². The van der Waals surface area contributed by atoms with Gasteiger partial charge in [-0.15, -0.1) is 0 Å². The van der Waals surface area contributed by atoms with Gasteiger partial charge >= 0.3 is 5.88 Å². The summed E-state index contributed by atoms with van der Waals surface area (Å²) in [5, 5.41) is 3.31. The van der Waals surface area contributed by atoms with Crippen molar-refractivity contribution in [2.75, 3.05) is 12.4 Å². The molecule has 124 valence electrons. The van der Waals surface area contributed by atoms with Crippen molar-refractivity contribution in [2.24, 2.45) is 0 Å². The fourth-order valence-corrected chi connectivity index (χ4v) is 2.58. The molecule has 4 heterocycles. The van der Waals surface area contributed by atoms with Gasteiger partial charge in [-0.3, -0.25) is 0 Å². The quantitative estimate of drug-likeness (QED) is 0.593. The summed E-state index contributed by atoms with van der Waals surface area (Å²) in [5.41, 5.74) is 3.89. The van der Waals surface area contributed by atoms with Crippen LogP contribution in [0, 0.1) is 6.92 Å². The minimum Gasteiger partial charge on any atom is -0.448 e. The molecular formula is C17H16N7O+. The Hall–Kier alpha value is -3.55. The van der Waals surface area contributed by atoms with Crippen LogP contribution in [0.15, 0.2) is 43.0 Å². The van der Waals surface area contributed by atoms with Crippen LogP contribution in [-0.4, -0.2) is 32.0 Å². The van der Waals surface area contributed by atoms with Crippen LogP contribution in [0.5, 0.6) is 5.88 Å². The van der Waals surface area contributed by atoms with Crippen LogP contribution in [0.3, 0.4) is 0 Å². The second kappa shape index (κ2) is 6.16. The number of rotatable bonds is 4. The molecule has 0 radical (unpaired) electrons. The largest absolute Gasteiger partial charge is 0.448 e. The number of aryl methyl sites for hydroxylation is 1. The van der Waals surface area contributed by atoms with Crippen molar-refractivity contribution in [3.8, 4) is 17.1 Å². The van der Waals surface area contributed by atoms with Gasteiger partial charge in [0.25, 0.3) is 0 Å². The molecule has 0 saturated heterocycles. The van der Waals surface area contributed by atoms with Crippen LogP contribution in [0.2, 0.25) is 0 Å². The SMILES string of the molecule is COc1ccc(Nc2ncccc2-c2nc(C)nc3nc[nH]c23)c[nH+]1. The van der Waals surface area contributed by atoms with E-state index in [1.807, 2.05) is 37.4 Å². The molecule has 4 aromatic heterocycles. The first kappa shape index (κ1) is 15.0. The van der Waals surface area contributed by atoms with E-state index in [0.29, 0.717) is 23.2 Å². The lowest BCUT2D eigenvalue weighted by Gasteiger charge is -2.10. The fraction of sp³-hybridized carbons (Fsp3) is 0.118. The fourth-order valence-electron chi connectivity index (χ4n) is 2.58. The van der Waals surface area contributed by atoms with Gasteiger partial charge in [0.15, 0.2) is 11.8 Å². The summed E-state index contributed by atoms with van der Waals surface area (Å²) in [6.45, 7) is 1.85. The summed E-state index contributed by atoms with van der Waals surface area (Å²) >= 11 is 0. The third kappa shape index (κ3) is 2.85. The number of hydrogen-bond acceptors (Lipinski definition) is 6. The molecule has 0 aliphatic rings. The molecule has 3 N–H and O–H groups in total. The van der Waals surface area contributed by atoms with E-state index < -0.39 is 0 Å². The number of aromatic amines is 2. The van der Waals surface area contributed by atoms with E-state index in [1.54, 1.807) is 19.6 Å². The monoisotopic (exact) mass is 334 g/mol.